The van der Waals surface area contributed by atoms with Crippen molar-refractivity contribution in [1.82, 2.24) is 0 Å². The van der Waals surface area contributed by atoms with Gasteiger partial charge in [0.25, 0.3) is 0 Å². The summed E-state index contributed by atoms with van der Waals surface area (Å²) in [7, 11) is 0. The Bertz CT molecular complexity index is 291. The lowest BCUT2D eigenvalue weighted by Gasteiger charge is -2.13. The van der Waals surface area contributed by atoms with Crippen molar-refractivity contribution < 1.29 is 0 Å². The van der Waals surface area contributed by atoms with E-state index in [0.717, 1.165) is 5.71 Å². The van der Waals surface area contributed by atoms with Gasteiger partial charge < -0.3 is 0 Å². The van der Waals surface area contributed by atoms with Crippen LogP contribution in [0.15, 0.2) is 35.3 Å². The monoisotopic (exact) mass is 175 g/mol. The van der Waals surface area contributed by atoms with Crippen LogP contribution < -0.4 is 0 Å². The molecule has 1 nitrogen and oxygen atoms in total. The average Bonchev–Trinajstić information content (AvgIpc) is 2.03. The maximum atomic E-state index is 4.60. The van der Waals surface area contributed by atoms with Crippen LogP contribution in [-0.4, -0.2) is 11.3 Å². The molecule has 1 aromatic rings. The molecular weight excluding hydrogens is 158 g/mol. The largest absolute Gasteiger partial charge is 0.284 e. The zero-order chi connectivity index (χ0) is 9.90. The molecule has 0 spiro atoms. The van der Waals surface area contributed by atoms with E-state index in [4.69, 9.17) is 0 Å². The van der Waals surface area contributed by atoms with Crippen molar-refractivity contribution in [3.8, 4) is 0 Å². The Hall–Kier alpha value is -1.11. The Kier molecular flexibility index (Phi) is 2.86. The minimum Gasteiger partial charge on any atom is -0.284 e. The molecule has 1 rings (SSSR count). The van der Waals surface area contributed by atoms with Crippen LogP contribution >= 0.6 is 0 Å². The number of hydrogen-bond acceptors (Lipinski definition) is 1. The molecule has 0 radical (unpaired) electrons. The van der Waals surface area contributed by atoms with E-state index in [9.17, 15) is 0 Å². The van der Waals surface area contributed by atoms with Crippen LogP contribution in [0.25, 0.3) is 0 Å². The van der Waals surface area contributed by atoms with Gasteiger partial charge in [-0.3, -0.25) is 4.99 Å². The molecule has 0 aliphatic carbocycles. The summed E-state index contributed by atoms with van der Waals surface area (Å²) in [6, 6.07) is 10.3. The van der Waals surface area contributed by atoms with Crippen molar-refractivity contribution in [2.75, 3.05) is 0 Å². The third-order valence-electron chi connectivity index (χ3n) is 1.69. The molecule has 1 heteroatoms. The molecule has 0 fully saturated rings. The van der Waals surface area contributed by atoms with E-state index in [0.29, 0.717) is 0 Å². The topological polar surface area (TPSA) is 12.4 Å². The molecule has 0 bridgehead atoms. The predicted molar refractivity (Wildman–Crippen MR) is 58.4 cm³/mol. The van der Waals surface area contributed by atoms with Crippen molar-refractivity contribution in [2.45, 2.75) is 33.2 Å². The predicted octanol–water partition coefficient (Wildman–Crippen LogP) is 3.29. The number of nitrogens with zero attached hydrogens (tertiary/aromatic N) is 1. The third kappa shape index (κ3) is 3.41. The first kappa shape index (κ1) is 9.97. The summed E-state index contributed by atoms with van der Waals surface area (Å²) < 4.78 is 0. The summed E-state index contributed by atoms with van der Waals surface area (Å²) in [4.78, 5) is 4.60. The maximum absolute atomic E-state index is 4.60. The van der Waals surface area contributed by atoms with Crippen LogP contribution in [-0.2, 0) is 0 Å². The molecule has 0 saturated heterocycles. The summed E-state index contributed by atoms with van der Waals surface area (Å²) in [6.07, 6.45) is 0. The van der Waals surface area contributed by atoms with Crippen molar-refractivity contribution in [1.29, 1.82) is 0 Å². The third-order valence-corrected chi connectivity index (χ3v) is 1.69. The first-order chi connectivity index (χ1) is 5.99. The highest BCUT2D eigenvalue weighted by Crippen LogP contribution is 2.10. The minimum atomic E-state index is 0.0138. The fourth-order valence-corrected chi connectivity index (χ4v) is 1.25. The molecule has 0 saturated carbocycles. The fraction of sp³-hybridized carbons (Fsp3) is 0.417. The summed E-state index contributed by atoms with van der Waals surface area (Å²) >= 11 is 0. The van der Waals surface area contributed by atoms with Crippen molar-refractivity contribution in [3.05, 3.63) is 35.9 Å². The first-order valence-corrected chi connectivity index (χ1v) is 4.61. The Morgan fingerprint density at radius 3 is 2.08 bits per heavy atom. The van der Waals surface area contributed by atoms with Crippen molar-refractivity contribution >= 4 is 5.71 Å². The second-order valence-electron chi connectivity index (χ2n) is 4.23. The van der Waals surface area contributed by atoms with E-state index in [-0.39, 0.29) is 5.54 Å². The zero-order valence-corrected chi connectivity index (χ0v) is 8.83. The average molecular weight is 175 g/mol. The van der Waals surface area contributed by atoms with Gasteiger partial charge in [-0.1, -0.05) is 30.3 Å². The Balaban J connectivity index is 2.92. The van der Waals surface area contributed by atoms with E-state index < -0.39 is 0 Å². The molecule has 0 aromatic heterocycles. The van der Waals surface area contributed by atoms with Gasteiger partial charge in [-0.25, -0.2) is 0 Å². The summed E-state index contributed by atoms with van der Waals surface area (Å²) in [5, 5.41) is 0. The molecule has 0 aliphatic heterocycles. The Labute approximate surface area is 80.5 Å². The van der Waals surface area contributed by atoms with Gasteiger partial charge in [-0.15, -0.1) is 0 Å². The lowest BCUT2D eigenvalue weighted by atomic mass is 10.1. The molecule has 0 heterocycles. The van der Waals surface area contributed by atoms with E-state index >= 15 is 0 Å². The highest BCUT2D eigenvalue weighted by Gasteiger charge is 2.07. The quantitative estimate of drug-likeness (QED) is 0.581. The number of benzene rings is 1. The number of rotatable bonds is 1. The van der Waals surface area contributed by atoms with Gasteiger partial charge in [0.15, 0.2) is 0 Å². The summed E-state index contributed by atoms with van der Waals surface area (Å²) in [5.74, 6) is 0. The fourth-order valence-electron chi connectivity index (χ4n) is 1.25. The van der Waals surface area contributed by atoms with Crippen LogP contribution in [0.5, 0.6) is 0 Å². The van der Waals surface area contributed by atoms with Gasteiger partial charge >= 0.3 is 0 Å². The molecule has 0 atom stereocenters. The highest BCUT2D eigenvalue weighted by molar-refractivity contribution is 5.98. The van der Waals surface area contributed by atoms with E-state index in [1.807, 2.05) is 18.2 Å². The van der Waals surface area contributed by atoms with Gasteiger partial charge in [0.1, 0.15) is 0 Å². The van der Waals surface area contributed by atoms with Crippen LogP contribution in [0.3, 0.4) is 0 Å². The van der Waals surface area contributed by atoms with Gasteiger partial charge in [0.2, 0.25) is 0 Å². The molecule has 70 valence electrons. The lowest BCUT2D eigenvalue weighted by molar-refractivity contribution is 0.584. The number of aliphatic imine (C=N–C) groups is 1. The molecule has 1 aromatic carbocycles. The number of hydrogen-bond donors (Lipinski definition) is 0. The molecule has 0 amide bonds. The molecule has 0 aliphatic rings. The first-order valence-electron chi connectivity index (χ1n) is 4.61. The highest BCUT2D eigenvalue weighted by atomic mass is 14.8. The van der Waals surface area contributed by atoms with Crippen LogP contribution in [0.4, 0.5) is 0 Å². The summed E-state index contributed by atoms with van der Waals surface area (Å²) in [5.41, 5.74) is 2.32. The zero-order valence-electron chi connectivity index (χ0n) is 8.83. The van der Waals surface area contributed by atoms with Gasteiger partial charge in [0, 0.05) is 5.71 Å². The van der Waals surface area contributed by atoms with Gasteiger partial charge in [0.05, 0.1) is 5.54 Å². The lowest BCUT2D eigenvalue weighted by Crippen LogP contribution is -2.13. The summed E-state index contributed by atoms with van der Waals surface area (Å²) in [6.45, 7) is 8.39. The standard InChI is InChI=1S/C12H17N/c1-10(13-12(2,3)4)11-8-6-5-7-9-11/h5-9H,1-4H3/b13-10-. The van der Waals surface area contributed by atoms with Crippen molar-refractivity contribution in [3.63, 3.8) is 0 Å². The smallest absolute Gasteiger partial charge is 0.0527 e. The Morgan fingerprint density at radius 2 is 1.62 bits per heavy atom. The Morgan fingerprint density at radius 1 is 1.08 bits per heavy atom. The van der Waals surface area contributed by atoms with E-state index in [2.05, 4.69) is 44.8 Å². The SMILES string of the molecule is C/C(=N/C(C)(C)C)c1ccccc1. The molecule has 0 unspecified atom stereocenters. The molecule has 0 N–H and O–H groups in total. The normalized spacial score (nSPS) is 13.1. The second-order valence-corrected chi connectivity index (χ2v) is 4.23. The molecular formula is C12H17N. The minimum absolute atomic E-state index is 0.0138. The van der Waals surface area contributed by atoms with Crippen molar-refractivity contribution in [2.24, 2.45) is 4.99 Å². The van der Waals surface area contributed by atoms with E-state index in [1.54, 1.807) is 0 Å². The van der Waals surface area contributed by atoms with Crippen LogP contribution in [0.2, 0.25) is 0 Å². The van der Waals surface area contributed by atoms with Crippen LogP contribution in [0, 0.1) is 0 Å². The van der Waals surface area contributed by atoms with Gasteiger partial charge in [-0.05, 0) is 33.3 Å². The van der Waals surface area contributed by atoms with Crippen LogP contribution in [0.1, 0.15) is 33.3 Å². The maximum Gasteiger partial charge on any atom is 0.0527 e. The second kappa shape index (κ2) is 3.73. The van der Waals surface area contributed by atoms with Gasteiger partial charge in [-0.2, -0.15) is 0 Å². The van der Waals surface area contributed by atoms with E-state index in [1.165, 1.54) is 5.56 Å². The molecule has 13 heavy (non-hydrogen) atoms.